The van der Waals surface area contributed by atoms with Gasteiger partial charge < -0.3 is 22.1 Å². The van der Waals surface area contributed by atoms with Crippen LogP contribution in [-0.2, 0) is 24.7 Å². The van der Waals surface area contributed by atoms with Crippen molar-refractivity contribution in [2.45, 2.75) is 25.7 Å². The van der Waals surface area contributed by atoms with Crippen LogP contribution in [0.3, 0.4) is 0 Å². The van der Waals surface area contributed by atoms with E-state index in [0.29, 0.717) is 13.1 Å². The third-order valence-electron chi connectivity index (χ3n) is 3.24. The molecule has 2 heterocycles. The second kappa shape index (κ2) is 13.7. The molecule has 2 amide bonds. The minimum absolute atomic E-state index is 0.0266. The van der Waals surface area contributed by atoms with Crippen LogP contribution in [0.1, 0.15) is 25.7 Å². The van der Waals surface area contributed by atoms with Crippen molar-refractivity contribution >= 4 is 31.2 Å². The normalized spacial score (nSPS) is 24.3. The molecule has 2 atom stereocenters. The Balaban J connectivity index is 0.000000322. The van der Waals surface area contributed by atoms with E-state index in [9.17, 15) is 9.59 Å². The second-order valence-corrected chi connectivity index (χ2v) is 9.47. The molecule has 9 heteroatoms. The maximum atomic E-state index is 10.5. The number of halogens is 2. The van der Waals surface area contributed by atoms with Crippen molar-refractivity contribution in [2.24, 2.45) is 23.3 Å². The first-order valence-electron chi connectivity index (χ1n) is 7.00. The zero-order valence-corrected chi connectivity index (χ0v) is 16.6. The van der Waals surface area contributed by atoms with Crippen molar-refractivity contribution in [1.82, 2.24) is 0 Å². The molecule has 2 rings (SSSR count). The van der Waals surface area contributed by atoms with E-state index >= 15 is 0 Å². The Hall–Kier alpha value is 0.0634. The molecule has 0 spiro atoms. The molecular weight excluding hydrogens is 368 g/mol. The molecule has 0 saturated carbocycles. The Morgan fingerprint density at radius 3 is 1.38 bits per heavy atom. The van der Waals surface area contributed by atoms with Crippen molar-refractivity contribution in [3.63, 3.8) is 0 Å². The van der Waals surface area contributed by atoms with Gasteiger partial charge in [-0.05, 0) is 12.8 Å². The molecule has 6 nitrogen and oxygen atoms in total. The first-order chi connectivity index (χ1) is 10.0. The fourth-order valence-electron chi connectivity index (χ4n) is 2.04. The molecule has 2 fully saturated rings. The van der Waals surface area contributed by atoms with Crippen LogP contribution in [0.4, 0.5) is 0 Å². The van der Waals surface area contributed by atoms with E-state index in [-0.39, 0.29) is 23.7 Å². The van der Waals surface area contributed by atoms with Gasteiger partial charge in [-0.2, -0.15) is 0 Å². The average Bonchev–Trinajstić information content (AvgIpc) is 2.50. The van der Waals surface area contributed by atoms with Gasteiger partial charge in [-0.15, -0.1) is 26.2 Å². The summed E-state index contributed by atoms with van der Waals surface area (Å²) in [7, 11) is 9.90. The first-order valence-corrected chi connectivity index (χ1v) is 14.8. The summed E-state index contributed by atoms with van der Waals surface area (Å²) in [5.41, 5.74) is 10.1. The van der Waals surface area contributed by atoms with Crippen LogP contribution in [0.25, 0.3) is 10.6 Å². The number of amides is 2. The molecule has 2 aliphatic heterocycles. The van der Waals surface area contributed by atoms with Gasteiger partial charge in [-0.1, -0.05) is 12.8 Å². The Bertz CT molecular complexity index is 271. The number of hydrogen-bond acceptors (Lipinski definition) is 2. The summed E-state index contributed by atoms with van der Waals surface area (Å²) in [5, 5.41) is 8.16. The van der Waals surface area contributed by atoms with Gasteiger partial charge in [0, 0.05) is 11.8 Å². The maximum absolute atomic E-state index is 10.5. The monoisotopic (exact) mass is 388 g/mol. The number of rotatable bonds is 2. The van der Waals surface area contributed by atoms with Crippen molar-refractivity contribution in [1.29, 1.82) is 0 Å². The molecular formula is C12H22Cl2N4O2Zn-2. The van der Waals surface area contributed by atoms with E-state index in [1.54, 1.807) is 0 Å². The van der Waals surface area contributed by atoms with Gasteiger partial charge in [0.15, 0.2) is 0 Å². The SMILES string of the molecule is NC(=O)C1CCC[N-]C1.NC(=O)C1CCC[N-]C1.[Cl][Zn][Cl]. The van der Waals surface area contributed by atoms with Crippen LogP contribution < -0.4 is 11.5 Å². The summed E-state index contributed by atoms with van der Waals surface area (Å²) in [6, 6.07) is 0. The van der Waals surface area contributed by atoms with E-state index in [2.05, 4.69) is 10.6 Å². The summed E-state index contributed by atoms with van der Waals surface area (Å²) < 4.78 is 0. The summed E-state index contributed by atoms with van der Waals surface area (Å²) >= 11 is -0.931. The molecule has 2 aliphatic rings. The molecule has 0 aromatic heterocycles. The number of carbonyl (C=O) groups excluding carboxylic acids is 2. The quantitative estimate of drug-likeness (QED) is 0.701. The standard InChI is InChI=1S/2C6H11N2O.2ClH.Zn/c2*7-6(9)5-2-1-3-8-4-5;;;/h2*5H,1-4H2,(H2,7,9);2*1H;/q2*-1;;;+2/p-2. The Morgan fingerprint density at radius 1 is 0.905 bits per heavy atom. The Kier molecular flexibility index (Phi) is 13.7. The zero-order valence-electron chi connectivity index (χ0n) is 12.1. The van der Waals surface area contributed by atoms with Gasteiger partial charge in [0.05, 0.1) is 0 Å². The van der Waals surface area contributed by atoms with Crippen LogP contribution in [-0.4, -0.2) is 38.0 Å². The number of carbonyl (C=O) groups is 2. The topological polar surface area (TPSA) is 114 Å². The zero-order chi connectivity index (χ0) is 16.1. The molecule has 4 N–H and O–H groups in total. The van der Waals surface area contributed by atoms with E-state index in [4.69, 9.17) is 30.8 Å². The number of primary amides is 2. The van der Waals surface area contributed by atoms with E-state index in [1.165, 1.54) is 0 Å². The molecule has 2 unspecified atom stereocenters. The number of nitrogens with zero attached hydrogens (tertiary/aromatic N) is 2. The van der Waals surface area contributed by atoms with Gasteiger partial charge in [0.2, 0.25) is 11.8 Å². The fraction of sp³-hybridized carbons (Fsp3) is 0.833. The molecule has 21 heavy (non-hydrogen) atoms. The molecule has 0 aromatic carbocycles. The van der Waals surface area contributed by atoms with Crippen LogP contribution in [0.5, 0.6) is 0 Å². The molecule has 0 aromatic rings. The third-order valence-corrected chi connectivity index (χ3v) is 3.24. The van der Waals surface area contributed by atoms with Crippen LogP contribution in [0, 0.1) is 11.8 Å². The van der Waals surface area contributed by atoms with Crippen molar-refractivity contribution < 1.29 is 24.7 Å². The van der Waals surface area contributed by atoms with Crippen LogP contribution in [0.2, 0.25) is 0 Å². The summed E-state index contributed by atoms with van der Waals surface area (Å²) in [6.07, 6.45) is 3.90. The van der Waals surface area contributed by atoms with Gasteiger partial charge in [-0.25, -0.2) is 0 Å². The third kappa shape index (κ3) is 11.3. The minimum atomic E-state index is -0.931. The van der Waals surface area contributed by atoms with Crippen molar-refractivity contribution in [2.75, 3.05) is 26.2 Å². The average molecular weight is 391 g/mol. The van der Waals surface area contributed by atoms with Gasteiger partial charge in [0.1, 0.15) is 0 Å². The molecule has 2 saturated heterocycles. The summed E-state index contributed by atoms with van der Waals surface area (Å²) in [5.74, 6) is -0.339. The van der Waals surface area contributed by atoms with Crippen molar-refractivity contribution in [3.8, 4) is 0 Å². The number of hydrogen-bond donors (Lipinski definition) is 2. The molecule has 0 radical (unpaired) electrons. The van der Waals surface area contributed by atoms with Gasteiger partial charge >= 0.3 is 34.5 Å². The molecule has 0 aliphatic carbocycles. The number of nitrogens with two attached hydrogens (primary N) is 2. The van der Waals surface area contributed by atoms with Crippen molar-refractivity contribution in [3.05, 3.63) is 10.6 Å². The van der Waals surface area contributed by atoms with Crippen LogP contribution in [0.15, 0.2) is 0 Å². The summed E-state index contributed by atoms with van der Waals surface area (Å²) in [4.78, 5) is 21.0. The van der Waals surface area contributed by atoms with Gasteiger partial charge in [-0.3, -0.25) is 9.59 Å². The van der Waals surface area contributed by atoms with E-state index in [1.807, 2.05) is 0 Å². The van der Waals surface area contributed by atoms with Gasteiger partial charge in [0.25, 0.3) is 0 Å². The fourth-order valence-corrected chi connectivity index (χ4v) is 2.04. The Morgan fingerprint density at radius 2 is 1.24 bits per heavy atom. The second-order valence-electron chi connectivity index (χ2n) is 4.84. The van der Waals surface area contributed by atoms with E-state index < -0.39 is 15.1 Å². The number of piperidine rings is 2. The summed E-state index contributed by atoms with van der Waals surface area (Å²) in [6.45, 7) is 3.11. The van der Waals surface area contributed by atoms with E-state index in [0.717, 1.165) is 38.8 Å². The molecule has 0 bridgehead atoms. The predicted octanol–water partition coefficient (Wildman–Crippen LogP) is 1.89. The molecule has 120 valence electrons. The predicted molar refractivity (Wildman–Crippen MR) is 81.7 cm³/mol. The van der Waals surface area contributed by atoms with Crippen LogP contribution >= 0.6 is 19.4 Å². The Labute approximate surface area is 141 Å². The first kappa shape index (κ1) is 21.1.